The number of nitriles is 1. The van der Waals surface area contributed by atoms with Crippen LogP contribution in [0.4, 0.5) is 79.0 Å². The Hall–Kier alpha value is -9.19. The number of rotatable bonds is 6. The second-order valence-electron chi connectivity index (χ2n) is 19.1. The van der Waals surface area contributed by atoms with Gasteiger partial charge in [0.2, 0.25) is 0 Å². The Balaban J connectivity index is 1.19. The third-order valence-corrected chi connectivity index (χ3v) is 14.0. The van der Waals surface area contributed by atoms with Gasteiger partial charge in [-0.25, -0.2) is 0 Å². The molecule has 0 aliphatic rings. The molecule has 11 rings (SSSR count). The van der Waals surface area contributed by atoms with Crippen molar-refractivity contribution < 1.29 is 79.0 Å². The first-order chi connectivity index (χ1) is 38.4. The third kappa shape index (κ3) is 9.89. The minimum Gasteiger partial charge on any atom is -0.309 e. The number of benzene rings is 9. The molecule has 0 bridgehead atoms. The molecule has 414 valence electrons. The van der Waals surface area contributed by atoms with E-state index < -0.39 is 87.1 Å². The summed E-state index contributed by atoms with van der Waals surface area (Å²) in [6, 6.07) is 34.1. The number of nitrogens with zero attached hydrogens (tertiary/aromatic N) is 3. The summed E-state index contributed by atoms with van der Waals surface area (Å²) in [6.45, 7) is 0. The zero-order chi connectivity index (χ0) is 58.8. The Morgan fingerprint density at radius 1 is 0.280 bits per heavy atom. The summed E-state index contributed by atoms with van der Waals surface area (Å²) in [7, 11) is 0. The Morgan fingerprint density at radius 3 is 1.07 bits per heavy atom. The maximum Gasteiger partial charge on any atom is 0.416 e. The summed E-state index contributed by atoms with van der Waals surface area (Å²) < 4.78 is 259. The maximum absolute atomic E-state index is 14.6. The van der Waals surface area contributed by atoms with E-state index in [1.54, 1.807) is 57.7 Å². The van der Waals surface area contributed by atoms with Crippen molar-refractivity contribution >= 4 is 43.6 Å². The van der Waals surface area contributed by atoms with Crippen molar-refractivity contribution in [3.8, 4) is 62.0 Å². The summed E-state index contributed by atoms with van der Waals surface area (Å²) >= 11 is 0. The van der Waals surface area contributed by atoms with Crippen molar-refractivity contribution in [3.63, 3.8) is 0 Å². The van der Waals surface area contributed by atoms with Crippen molar-refractivity contribution in [1.29, 1.82) is 5.26 Å². The molecule has 2 aromatic heterocycles. The van der Waals surface area contributed by atoms with Crippen molar-refractivity contribution in [2.75, 3.05) is 0 Å². The van der Waals surface area contributed by atoms with Gasteiger partial charge in [-0.05, 0) is 160 Å². The van der Waals surface area contributed by atoms with Gasteiger partial charge in [0, 0.05) is 32.8 Å². The highest BCUT2D eigenvalue weighted by atomic mass is 19.4. The zero-order valence-corrected chi connectivity index (χ0v) is 40.9. The minimum absolute atomic E-state index is 0.00522. The van der Waals surface area contributed by atoms with E-state index in [0.717, 1.165) is 0 Å². The summed E-state index contributed by atoms with van der Waals surface area (Å²) in [5.74, 6) is 0. The molecule has 0 unspecified atom stereocenters. The van der Waals surface area contributed by atoms with Gasteiger partial charge < -0.3 is 9.13 Å². The molecule has 2 heterocycles. The predicted octanol–water partition coefficient (Wildman–Crippen LogP) is 20.5. The van der Waals surface area contributed by atoms with Crippen LogP contribution in [0.3, 0.4) is 0 Å². The lowest BCUT2D eigenvalue weighted by Crippen LogP contribution is -2.11. The van der Waals surface area contributed by atoms with Gasteiger partial charge in [0.25, 0.3) is 0 Å². The molecule has 9 aromatic carbocycles. The van der Waals surface area contributed by atoms with Gasteiger partial charge in [-0.15, -0.1) is 0 Å². The van der Waals surface area contributed by atoms with E-state index in [1.165, 1.54) is 72.8 Å². The maximum atomic E-state index is 14.6. The Kier molecular flexibility index (Phi) is 12.7. The topological polar surface area (TPSA) is 33.6 Å². The molecule has 82 heavy (non-hydrogen) atoms. The number of aromatic nitrogens is 2. The molecule has 3 nitrogen and oxygen atoms in total. The van der Waals surface area contributed by atoms with E-state index in [9.17, 15) is 84.3 Å². The van der Waals surface area contributed by atoms with Crippen molar-refractivity contribution in [2.24, 2.45) is 0 Å². The number of halogens is 18. The van der Waals surface area contributed by atoms with Crippen LogP contribution in [0.5, 0.6) is 0 Å². The van der Waals surface area contributed by atoms with Gasteiger partial charge in [-0.1, -0.05) is 54.6 Å². The molecule has 0 N–H and O–H groups in total. The van der Waals surface area contributed by atoms with Gasteiger partial charge in [-0.3, -0.25) is 0 Å². The molecule has 0 aliphatic heterocycles. The van der Waals surface area contributed by atoms with Crippen LogP contribution < -0.4 is 0 Å². The van der Waals surface area contributed by atoms with E-state index in [4.69, 9.17) is 0 Å². The molecule has 11 aromatic rings. The highest BCUT2D eigenvalue weighted by molar-refractivity contribution is 6.12. The number of hydrogen-bond acceptors (Lipinski definition) is 1. The minimum atomic E-state index is -5.32. The molecule has 0 fully saturated rings. The van der Waals surface area contributed by atoms with Gasteiger partial charge in [-0.2, -0.15) is 84.3 Å². The smallest absolute Gasteiger partial charge is 0.309 e. The van der Waals surface area contributed by atoms with Gasteiger partial charge in [0.05, 0.1) is 72.8 Å². The lowest BCUT2D eigenvalue weighted by Gasteiger charge is -2.21. The van der Waals surface area contributed by atoms with Crippen LogP contribution in [0, 0.1) is 11.3 Å². The third-order valence-electron chi connectivity index (χ3n) is 14.0. The highest BCUT2D eigenvalue weighted by Crippen LogP contribution is 2.48. The molecule has 0 saturated heterocycles. The number of alkyl halides is 18. The zero-order valence-electron chi connectivity index (χ0n) is 40.9. The Labute approximate surface area is 449 Å². The van der Waals surface area contributed by atoms with Crippen LogP contribution in [-0.2, 0) is 37.1 Å². The molecule has 0 saturated carbocycles. The Bertz CT molecular complexity index is 4340. The molecular formula is C61H29F18N3. The number of para-hydroxylation sites is 2. The van der Waals surface area contributed by atoms with Crippen LogP contribution in [0.2, 0.25) is 0 Å². The molecule has 0 amide bonds. The van der Waals surface area contributed by atoms with Crippen molar-refractivity contribution in [1.82, 2.24) is 9.13 Å². The first-order valence-corrected chi connectivity index (χ1v) is 24.0. The molecule has 0 aliphatic carbocycles. The SMILES string of the molecule is N#Cc1ccc(-n2c3ccccc3c3cc(-c4cc(C(F)(F)F)cc(C(F)(F)F)c4)ccc32)c(-c2cc(-n3c4ccccc4c4cc(-c5cc(C(F)(F)F)cc(C(F)(F)F)c5)ccc43)ccc2-c2cc(C(F)(F)F)cc(C(F)(F)F)c2)c1. The predicted molar refractivity (Wildman–Crippen MR) is 272 cm³/mol. The normalized spacial score (nSPS) is 13.0. The van der Waals surface area contributed by atoms with Crippen LogP contribution in [0.25, 0.3) is 99.5 Å². The van der Waals surface area contributed by atoms with Crippen LogP contribution in [0.15, 0.2) is 176 Å². The fourth-order valence-electron chi connectivity index (χ4n) is 10.4. The van der Waals surface area contributed by atoms with Gasteiger partial charge >= 0.3 is 37.1 Å². The summed E-state index contributed by atoms with van der Waals surface area (Å²) in [4.78, 5) is 0. The molecule has 21 heteroatoms. The summed E-state index contributed by atoms with van der Waals surface area (Å²) in [5, 5.41) is 11.7. The van der Waals surface area contributed by atoms with E-state index in [2.05, 4.69) is 0 Å². The van der Waals surface area contributed by atoms with E-state index in [0.29, 0.717) is 58.2 Å². The largest absolute Gasteiger partial charge is 0.416 e. The fraction of sp³-hybridized carbons (Fsp3) is 0.0984. The lowest BCUT2D eigenvalue weighted by molar-refractivity contribution is -0.144. The second-order valence-corrected chi connectivity index (χ2v) is 19.1. The molecule has 0 spiro atoms. The lowest BCUT2D eigenvalue weighted by atomic mass is 9.90. The van der Waals surface area contributed by atoms with E-state index in [-0.39, 0.29) is 84.8 Å². The number of fused-ring (bicyclic) bond motifs is 6. The second kappa shape index (κ2) is 19.0. The average Bonchev–Trinajstić information content (AvgIpc) is 4.01. The quantitative estimate of drug-likeness (QED) is 0.153. The van der Waals surface area contributed by atoms with Crippen LogP contribution >= 0.6 is 0 Å². The van der Waals surface area contributed by atoms with Crippen molar-refractivity contribution in [2.45, 2.75) is 37.1 Å². The summed E-state index contributed by atoms with van der Waals surface area (Å²) in [6.07, 6.45) is -31.4. The van der Waals surface area contributed by atoms with Crippen LogP contribution in [0.1, 0.15) is 38.9 Å². The first kappa shape index (κ1) is 54.8. The van der Waals surface area contributed by atoms with Crippen molar-refractivity contribution in [3.05, 3.63) is 215 Å². The van der Waals surface area contributed by atoms with Gasteiger partial charge in [0.15, 0.2) is 0 Å². The standard InChI is InChI=1S/C61H29F18N3/c62-56(63,64)37-18-34(19-38(26-37)57(65,66)67)32-10-15-53-49(24-32)45-5-1-3-7-51(45)81(53)43-12-13-44(36-22-41(60(74,75)76)28-42(23-36)61(77,78)79)47(29-43)48-17-31(30-80)9-14-54(48)82-52-8-4-2-6-46(52)50-25-33(11-16-55(50)82)35-20-39(58(68,69)70)27-40(21-35)59(71,72)73/h1-29H. The average molecular weight is 1150 g/mol. The Morgan fingerprint density at radius 2 is 0.659 bits per heavy atom. The van der Waals surface area contributed by atoms with E-state index >= 15 is 0 Å². The fourth-order valence-corrected chi connectivity index (χ4v) is 10.4. The first-order valence-electron chi connectivity index (χ1n) is 24.0. The summed E-state index contributed by atoms with van der Waals surface area (Å²) in [5.41, 5.74) is -10.2. The molecule has 0 radical (unpaired) electrons. The molecule has 0 atom stereocenters. The van der Waals surface area contributed by atoms with E-state index in [1.807, 2.05) is 6.07 Å². The highest BCUT2D eigenvalue weighted by Gasteiger charge is 2.40. The number of hydrogen-bond donors (Lipinski definition) is 0. The monoisotopic (exact) mass is 1150 g/mol. The van der Waals surface area contributed by atoms with Crippen LogP contribution in [-0.4, -0.2) is 9.13 Å². The van der Waals surface area contributed by atoms with Gasteiger partial charge in [0.1, 0.15) is 0 Å². The molecular weight excluding hydrogens is 1120 g/mol.